The van der Waals surface area contributed by atoms with Crippen molar-refractivity contribution in [1.82, 2.24) is 0 Å². The van der Waals surface area contributed by atoms with Gasteiger partial charge in [-0.15, -0.1) is 0 Å². The summed E-state index contributed by atoms with van der Waals surface area (Å²) in [6, 6.07) is 0. The van der Waals surface area contributed by atoms with Crippen molar-refractivity contribution in [3.63, 3.8) is 0 Å². The standard InChI is InChI=1S/C14H28/c1-11(2)8-7-9-12(3)14(6)10-13(14,4)5/h11-12H,7-10H2,1-6H3. The first kappa shape index (κ1) is 12.1. The zero-order valence-electron chi connectivity index (χ0n) is 11.0. The zero-order chi connectivity index (χ0) is 11.0. The van der Waals surface area contributed by atoms with Gasteiger partial charge in [-0.05, 0) is 29.1 Å². The Morgan fingerprint density at radius 2 is 1.50 bits per heavy atom. The van der Waals surface area contributed by atoms with Crippen molar-refractivity contribution in [2.45, 2.75) is 67.2 Å². The number of hydrogen-bond donors (Lipinski definition) is 0. The van der Waals surface area contributed by atoms with Crippen molar-refractivity contribution in [3.8, 4) is 0 Å². The summed E-state index contributed by atoms with van der Waals surface area (Å²) >= 11 is 0. The van der Waals surface area contributed by atoms with E-state index in [1.54, 1.807) is 0 Å². The van der Waals surface area contributed by atoms with E-state index >= 15 is 0 Å². The van der Waals surface area contributed by atoms with E-state index in [4.69, 9.17) is 0 Å². The van der Waals surface area contributed by atoms with Crippen LogP contribution in [0.1, 0.15) is 67.2 Å². The normalized spacial score (nSPS) is 31.9. The van der Waals surface area contributed by atoms with Crippen molar-refractivity contribution >= 4 is 0 Å². The SMILES string of the molecule is CC(C)CCCC(C)C1(C)CC1(C)C. The highest BCUT2D eigenvalue weighted by atomic mass is 14.6. The highest BCUT2D eigenvalue weighted by Gasteiger charge is 2.59. The molecule has 0 nitrogen and oxygen atoms in total. The Kier molecular flexibility index (Phi) is 3.33. The molecule has 1 saturated carbocycles. The van der Waals surface area contributed by atoms with Gasteiger partial charge in [-0.3, -0.25) is 0 Å². The zero-order valence-corrected chi connectivity index (χ0v) is 11.0. The molecule has 0 heterocycles. The number of hydrogen-bond acceptors (Lipinski definition) is 0. The van der Waals surface area contributed by atoms with Gasteiger partial charge in [-0.2, -0.15) is 0 Å². The molecule has 2 unspecified atom stereocenters. The van der Waals surface area contributed by atoms with Gasteiger partial charge in [0, 0.05) is 0 Å². The lowest BCUT2D eigenvalue weighted by Crippen LogP contribution is -2.15. The summed E-state index contributed by atoms with van der Waals surface area (Å²) in [5, 5.41) is 0. The lowest BCUT2D eigenvalue weighted by molar-refractivity contribution is 0.263. The fraction of sp³-hybridized carbons (Fsp3) is 1.00. The molecular formula is C14H28. The Morgan fingerprint density at radius 3 is 1.86 bits per heavy atom. The molecule has 0 saturated heterocycles. The van der Waals surface area contributed by atoms with E-state index in [-0.39, 0.29) is 0 Å². The molecule has 1 aliphatic rings. The van der Waals surface area contributed by atoms with Crippen LogP contribution >= 0.6 is 0 Å². The van der Waals surface area contributed by atoms with E-state index in [1.807, 2.05) is 0 Å². The minimum Gasteiger partial charge on any atom is -0.0628 e. The third-order valence-electron chi connectivity index (χ3n) is 4.74. The van der Waals surface area contributed by atoms with Gasteiger partial charge >= 0.3 is 0 Å². The van der Waals surface area contributed by atoms with E-state index < -0.39 is 0 Å². The van der Waals surface area contributed by atoms with Gasteiger partial charge in [0.1, 0.15) is 0 Å². The largest absolute Gasteiger partial charge is 0.0628 e. The van der Waals surface area contributed by atoms with Crippen molar-refractivity contribution < 1.29 is 0 Å². The Labute approximate surface area is 90.5 Å². The summed E-state index contributed by atoms with van der Waals surface area (Å²) in [7, 11) is 0. The average Bonchev–Trinajstić information content (AvgIpc) is 2.51. The second kappa shape index (κ2) is 3.87. The third-order valence-corrected chi connectivity index (χ3v) is 4.74. The molecule has 2 atom stereocenters. The topological polar surface area (TPSA) is 0 Å². The molecule has 0 aliphatic heterocycles. The molecule has 0 spiro atoms. The van der Waals surface area contributed by atoms with Crippen molar-refractivity contribution in [3.05, 3.63) is 0 Å². The van der Waals surface area contributed by atoms with Gasteiger partial charge in [0.25, 0.3) is 0 Å². The van der Waals surface area contributed by atoms with Gasteiger partial charge in [-0.1, -0.05) is 60.8 Å². The maximum atomic E-state index is 2.48. The Morgan fingerprint density at radius 1 is 1.00 bits per heavy atom. The summed E-state index contributed by atoms with van der Waals surface area (Å²) in [5.41, 5.74) is 1.26. The lowest BCUT2D eigenvalue weighted by atomic mass is 9.82. The quantitative estimate of drug-likeness (QED) is 0.587. The van der Waals surface area contributed by atoms with Crippen LogP contribution in [0, 0.1) is 22.7 Å². The van der Waals surface area contributed by atoms with Crippen LogP contribution in [0.5, 0.6) is 0 Å². The predicted octanol–water partition coefficient (Wildman–Crippen LogP) is 4.89. The highest BCUT2D eigenvalue weighted by Crippen LogP contribution is 2.67. The van der Waals surface area contributed by atoms with E-state index in [0.717, 1.165) is 11.8 Å². The van der Waals surface area contributed by atoms with Gasteiger partial charge < -0.3 is 0 Å². The van der Waals surface area contributed by atoms with Crippen LogP contribution in [-0.4, -0.2) is 0 Å². The summed E-state index contributed by atoms with van der Waals surface area (Å²) in [5.74, 6) is 1.79. The van der Waals surface area contributed by atoms with Gasteiger partial charge in [0.2, 0.25) is 0 Å². The van der Waals surface area contributed by atoms with Crippen LogP contribution in [0.15, 0.2) is 0 Å². The maximum Gasteiger partial charge on any atom is -0.0243 e. The van der Waals surface area contributed by atoms with Gasteiger partial charge in [0.15, 0.2) is 0 Å². The molecular weight excluding hydrogens is 168 g/mol. The summed E-state index contributed by atoms with van der Waals surface area (Å²) in [6.07, 6.45) is 5.69. The fourth-order valence-electron chi connectivity index (χ4n) is 2.87. The van der Waals surface area contributed by atoms with E-state index in [2.05, 4.69) is 41.5 Å². The smallest absolute Gasteiger partial charge is 0.0243 e. The fourth-order valence-corrected chi connectivity index (χ4v) is 2.87. The first-order chi connectivity index (χ1) is 6.29. The van der Waals surface area contributed by atoms with Gasteiger partial charge in [0.05, 0.1) is 0 Å². The van der Waals surface area contributed by atoms with Crippen LogP contribution in [0.25, 0.3) is 0 Å². The molecule has 0 aromatic heterocycles. The minimum atomic E-state index is 0.615. The maximum absolute atomic E-state index is 2.48. The van der Waals surface area contributed by atoms with Crippen molar-refractivity contribution in [1.29, 1.82) is 0 Å². The molecule has 0 radical (unpaired) electrons. The molecule has 0 amide bonds. The van der Waals surface area contributed by atoms with Crippen LogP contribution in [0.4, 0.5) is 0 Å². The molecule has 14 heavy (non-hydrogen) atoms. The van der Waals surface area contributed by atoms with E-state index in [9.17, 15) is 0 Å². The molecule has 0 bridgehead atoms. The first-order valence-corrected chi connectivity index (χ1v) is 6.29. The molecule has 0 aromatic carbocycles. The van der Waals surface area contributed by atoms with E-state index in [1.165, 1.54) is 25.7 Å². The molecule has 84 valence electrons. The number of rotatable bonds is 5. The van der Waals surface area contributed by atoms with Crippen molar-refractivity contribution in [2.75, 3.05) is 0 Å². The van der Waals surface area contributed by atoms with Crippen molar-refractivity contribution in [2.24, 2.45) is 22.7 Å². The highest BCUT2D eigenvalue weighted by molar-refractivity contribution is 5.08. The summed E-state index contributed by atoms with van der Waals surface area (Å²) in [4.78, 5) is 0. The van der Waals surface area contributed by atoms with Crippen LogP contribution < -0.4 is 0 Å². The summed E-state index contributed by atoms with van der Waals surface area (Å²) < 4.78 is 0. The minimum absolute atomic E-state index is 0.615. The first-order valence-electron chi connectivity index (χ1n) is 6.29. The molecule has 1 rings (SSSR count). The van der Waals surface area contributed by atoms with Crippen LogP contribution in [-0.2, 0) is 0 Å². The third kappa shape index (κ3) is 2.32. The molecule has 0 aromatic rings. The van der Waals surface area contributed by atoms with Gasteiger partial charge in [-0.25, -0.2) is 0 Å². The van der Waals surface area contributed by atoms with Crippen LogP contribution in [0.3, 0.4) is 0 Å². The Hall–Kier alpha value is 0. The Balaban J connectivity index is 2.27. The predicted molar refractivity (Wildman–Crippen MR) is 64.4 cm³/mol. The molecule has 0 heteroatoms. The molecule has 1 fully saturated rings. The second-order valence-corrected chi connectivity index (χ2v) is 6.70. The second-order valence-electron chi connectivity index (χ2n) is 6.70. The van der Waals surface area contributed by atoms with Crippen LogP contribution in [0.2, 0.25) is 0 Å². The molecule has 0 N–H and O–H groups in total. The summed E-state index contributed by atoms with van der Waals surface area (Å²) in [6.45, 7) is 14.4. The monoisotopic (exact) mass is 196 g/mol. The Bertz CT molecular complexity index is 190. The molecule has 1 aliphatic carbocycles. The van der Waals surface area contributed by atoms with E-state index in [0.29, 0.717) is 10.8 Å². The lowest BCUT2D eigenvalue weighted by Gasteiger charge is -2.23. The average molecular weight is 196 g/mol.